The number of ketones is 1. The van der Waals surface area contributed by atoms with Gasteiger partial charge in [-0.05, 0) is 48.9 Å². The van der Waals surface area contributed by atoms with Gasteiger partial charge in [-0.25, -0.2) is 0 Å². The lowest BCUT2D eigenvalue weighted by atomic mass is 9.89. The minimum atomic E-state index is -1.99. The molecule has 1 aromatic heterocycles. The van der Waals surface area contributed by atoms with Crippen LogP contribution in [0.1, 0.15) is 33.9 Å². The molecule has 29 heavy (non-hydrogen) atoms. The molecule has 1 unspecified atom stereocenters. The Morgan fingerprint density at radius 3 is 2.66 bits per heavy atom. The van der Waals surface area contributed by atoms with E-state index in [0.717, 1.165) is 5.56 Å². The van der Waals surface area contributed by atoms with Crippen LogP contribution in [0, 0.1) is 6.92 Å². The molecule has 1 aliphatic rings. The lowest BCUT2D eigenvalue weighted by Gasteiger charge is -2.22. The summed E-state index contributed by atoms with van der Waals surface area (Å²) in [6, 6.07) is 15.6. The zero-order chi connectivity index (χ0) is 20.8. The van der Waals surface area contributed by atoms with Gasteiger partial charge in [0.25, 0.3) is 5.91 Å². The number of aliphatic hydroxyl groups is 1. The van der Waals surface area contributed by atoms with Crippen LogP contribution in [-0.4, -0.2) is 16.8 Å². The number of hydrogen-bond acceptors (Lipinski definition) is 4. The molecule has 0 aliphatic carbocycles. The molecule has 0 spiro atoms. The third-order valence-electron chi connectivity index (χ3n) is 5.01. The maximum Gasteiger partial charge on any atom is 0.264 e. The Balaban J connectivity index is 1.73. The van der Waals surface area contributed by atoms with Gasteiger partial charge < -0.3 is 14.4 Å². The Labute approximate surface area is 181 Å². The van der Waals surface area contributed by atoms with Crippen LogP contribution in [0.2, 0.25) is 5.02 Å². The number of benzene rings is 2. The van der Waals surface area contributed by atoms with Gasteiger partial charge in [-0.3, -0.25) is 9.59 Å². The first-order valence-corrected chi connectivity index (χ1v) is 10.1. The van der Waals surface area contributed by atoms with Crippen LogP contribution in [0.25, 0.3) is 0 Å². The molecule has 0 saturated heterocycles. The highest BCUT2D eigenvalue weighted by Crippen LogP contribution is 2.45. The summed E-state index contributed by atoms with van der Waals surface area (Å²) in [5.41, 5.74) is -0.323. The van der Waals surface area contributed by atoms with Gasteiger partial charge in [-0.1, -0.05) is 45.7 Å². The third kappa shape index (κ3) is 3.52. The minimum absolute atomic E-state index is 0.116. The van der Waals surface area contributed by atoms with Crippen molar-refractivity contribution in [1.29, 1.82) is 0 Å². The van der Waals surface area contributed by atoms with Crippen LogP contribution < -0.4 is 4.90 Å². The number of rotatable bonds is 5. The number of aryl methyl sites for hydroxylation is 1. The van der Waals surface area contributed by atoms with E-state index in [-0.39, 0.29) is 12.3 Å². The molecule has 0 fully saturated rings. The van der Waals surface area contributed by atoms with E-state index in [0.29, 0.717) is 26.5 Å². The van der Waals surface area contributed by atoms with Crippen molar-refractivity contribution in [3.63, 3.8) is 0 Å². The van der Waals surface area contributed by atoms with Crippen molar-refractivity contribution in [3.05, 3.63) is 86.7 Å². The van der Waals surface area contributed by atoms with Crippen LogP contribution in [0.5, 0.6) is 0 Å². The normalized spacial score (nSPS) is 18.2. The first-order chi connectivity index (χ1) is 13.8. The second-order valence-electron chi connectivity index (χ2n) is 7.01. The van der Waals surface area contributed by atoms with Gasteiger partial charge in [-0.15, -0.1) is 0 Å². The molecule has 1 amide bonds. The molecule has 3 aromatic rings. The number of carbonyl (C=O) groups is 2. The van der Waals surface area contributed by atoms with Gasteiger partial charge in [0.1, 0.15) is 5.76 Å². The first-order valence-electron chi connectivity index (χ1n) is 8.97. The SMILES string of the molecule is Cc1ccc(C(=O)CC2(O)C(=O)N(Cc3ccccc3Cl)c3ccc(Br)cc32)o1. The Morgan fingerprint density at radius 1 is 1.21 bits per heavy atom. The molecular weight excluding hydrogens is 458 g/mol. The highest BCUT2D eigenvalue weighted by atomic mass is 79.9. The predicted octanol–water partition coefficient (Wildman–Crippen LogP) is 5.01. The van der Waals surface area contributed by atoms with Crippen molar-refractivity contribution in [3.8, 4) is 0 Å². The third-order valence-corrected chi connectivity index (χ3v) is 5.87. The van der Waals surface area contributed by atoms with E-state index < -0.39 is 23.7 Å². The molecule has 0 bridgehead atoms. The summed E-state index contributed by atoms with van der Waals surface area (Å²) in [4.78, 5) is 27.5. The maximum atomic E-state index is 13.3. The second-order valence-corrected chi connectivity index (χ2v) is 8.34. The van der Waals surface area contributed by atoms with Crippen molar-refractivity contribution in [1.82, 2.24) is 0 Å². The van der Waals surface area contributed by atoms with Crippen LogP contribution in [0.3, 0.4) is 0 Å². The monoisotopic (exact) mass is 473 g/mol. The highest BCUT2D eigenvalue weighted by molar-refractivity contribution is 9.10. The van der Waals surface area contributed by atoms with Gasteiger partial charge in [0, 0.05) is 15.1 Å². The predicted molar refractivity (Wildman–Crippen MR) is 113 cm³/mol. The number of carbonyl (C=O) groups excluding carboxylic acids is 2. The van der Waals surface area contributed by atoms with Gasteiger partial charge in [0.2, 0.25) is 5.78 Å². The van der Waals surface area contributed by atoms with Crippen LogP contribution in [0.4, 0.5) is 5.69 Å². The molecule has 1 N–H and O–H groups in total. The van der Waals surface area contributed by atoms with E-state index in [2.05, 4.69) is 15.9 Å². The zero-order valence-electron chi connectivity index (χ0n) is 15.5. The summed E-state index contributed by atoms with van der Waals surface area (Å²) in [7, 11) is 0. The van der Waals surface area contributed by atoms with Crippen LogP contribution in [0.15, 0.2) is 63.5 Å². The van der Waals surface area contributed by atoms with Crippen LogP contribution in [-0.2, 0) is 16.9 Å². The van der Waals surface area contributed by atoms with E-state index in [1.165, 1.54) is 4.90 Å². The summed E-state index contributed by atoms with van der Waals surface area (Å²) in [6.07, 6.45) is -0.415. The van der Waals surface area contributed by atoms with Gasteiger partial charge in [0.15, 0.2) is 11.4 Å². The molecular formula is C22H17BrClNO4. The number of fused-ring (bicyclic) bond motifs is 1. The smallest absolute Gasteiger partial charge is 0.264 e. The summed E-state index contributed by atoms with van der Waals surface area (Å²) in [5, 5.41) is 11.9. The highest BCUT2D eigenvalue weighted by Gasteiger charge is 2.51. The fraction of sp³-hybridized carbons (Fsp3) is 0.182. The molecule has 5 nitrogen and oxygen atoms in total. The molecule has 0 radical (unpaired) electrons. The van der Waals surface area contributed by atoms with Gasteiger partial charge in [0.05, 0.1) is 18.7 Å². The van der Waals surface area contributed by atoms with Crippen molar-refractivity contribution < 1.29 is 19.1 Å². The lowest BCUT2D eigenvalue weighted by Crippen LogP contribution is -2.41. The summed E-state index contributed by atoms with van der Waals surface area (Å²) in [6.45, 7) is 1.91. The lowest BCUT2D eigenvalue weighted by molar-refractivity contribution is -0.136. The largest absolute Gasteiger partial charge is 0.458 e. The summed E-state index contributed by atoms with van der Waals surface area (Å²) >= 11 is 9.65. The number of anilines is 1. The molecule has 7 heteroatoms. The zero-order valence-corrected chi connectivity index (χ0v) is 17.8. The van der Waals surface area contributed by atoms with E-state index >= 15 is 0 Å². The Hall–Kier alpha value is -2.41. The standard InChI is InChI=1S/C22H17BrClNO4/c1-13-6-9-20(29-13)19(26)11-22(28)16-10-15(23)7-8-18(16)25(21(22)27)12-14-4-2-3-5-17(14)24/h2-10,28H,11-12H2,1H3. The first kappa shape index (κ1) is 19.9. The average Bonchev–Trinajstić information content (AvgIpc) is 3.20. The number of halogens is 2. The summed E-state index contributed by atoms with van der Waals surface area (Å²) in [5.74, 6) is -0.312. The number of furan rings is 1. The van der Waals surface area contributed by atoms with Crippen LogP contribution >= 0.6 is 27.5 Å². The number of nitrogens with zero attached hydrogens (tertiary/aromatic N) is 1. The molecule has 2 aromatic carbocycles. The Bertz CT molecular complexity index is 1130. The molecule has 1 atom stereocenters. The average molecular weight is 475 g/mol. The quantitative estimate of drug-likeness (QED) is 0.528. The topological polar surface area (TPSA) is 70.8 Å². The van der Waals surface area contributed by atoms with E-state index in [1.54, 1.807) is 43.3 Å². The van der Waals surface area contributed by atoms with Crippen molar-refractivity contribution in [2.45, 2.75) is 25.5 Å². The van der Waals surface area contributed by atoms with Crippen molar-refractivity contribution in [2.75, 3.05) is 4.90 Å². The fourth-order valence-electron chi connectivity index (χ4n) is 3.55. The Morgan fingerprint density at radius 2 is 1.97 bits per heavy atom. The van der Waals surface area contributed by atoms with E-state index in [4.69, 9.17) is 16.0 Å². The van der Waals surface area contributed by atoms with E-state index in [1.807, 2.05) is 18.2 Å². The molecule has 148 valence electrons. The van der Waals surface area contributed by atoms with Gasteiger partial charge in [-0.2, -0.15) is 0 Å². The second kappa shape index (κ2) is 7.44. The molecule has 1 aliphatic heterocycles. The Kier molecular flexibility index (Phi) is 5.11. The van der Waals surface area contributed by atoms with Crippen molar-refractivity contribution in [2.24, 2.45) is 0 Å². The summed E-state index contributed by atoms with van der Waals surface area (Å²) < 4.78 is 6.07. The number of amides is 1. The molecule has 2 heterocycles. The van der Waals surface area contributed by atoms with Gasteiger partial charge >= 0.3 is 0 Å². The molecule has 4 rings (SSSR count). The maximum absolute atomic E-state index is 13.3. The molecule has 0 saturated carbocycles. The minimum Gasteiger partial charge on any atom is -0.458 e. The number of Topliss-reactive ketones (excluding diaryl/α,β-unsaturated/α-hetero) is 1. The fourth-order valence-corrected chi connectivity index (χ4v) is 4.11. The van der Waals surface area contributed by atoms with Crippen molar-refractivity contribution >= 4 is 44.9 Å². The van der Waals surface area contributed by atoms with E-state index in [9.17, 15) is 14.7 Å². The number of hydrogen-bond donors (Lipinski definition) is 1.